The molecule has 2 aromatic rings. The first kappa shape index (κ1) is 17.8. The molecule has 4 nitrogen and oxygen atoms in total. The molecule has 130 valence electrons. The average molecular weight is 377 g/mol. The van der Waals surface area contributed by atoms with Crippen molar-refractivity contribution in [1.29, 1.82) is 0 Å². The molecule has 0 aliphatic carbocycles. The number of halogens is 2. The van der Waals surface area contributed by atoms with Crippen molar-refractivity contribution in [2.75, 3.05) is 16.8 Å². The van der Waals surface area contributed by atoms with Gasteiger partial charge in [-0.05, 0) is 49.2 Å². The molecule has 25 heavy (non-hydrogen) atoms. The number of nitrogens with one attached hydrogen (secondary N) is 1. The Morgan fingerprint density at radius 2 is 1.92 bits per heavy atom. The van der Waals surface area contributed by atoms with Crippen molar-refractivity contribution in [3.63, 3.8) is 0 Å². The quantitative estimate of drug-likeness (QED) is 0.850. The van der Waals surface area contributed by atoms with Gasteiger partial charge in [0.05, 0.1) is 5.92 Å². The van der Waals surface area contributed by atoms with Gasteiger partial charge in [-0.25, -0.2) is 0 Å². The van der Waals surface area contributed by atoms with Gasteiger partial charge in [-0.15, -0.1) is 0 Å². The maximum Gasteiger partial charge on any atom is 0.229 e. The number of benzene rings is 2. The zero-order chi connectivity index (χ0) is 18.1. The molecule has 1 aliphatic rings. The van der Waals surface area contributed by atoms with Gasteiger partial charge in [0.2, 0.25) is 11.8 Å². The fourth-order valence-electron chi connectivity index (χ4n) is 2.92. The number of nitrogens with zero attached hydrogens (tertiary/aromatic N) is 1. The summed E-state index contributed by atoms with van der Waals surface area (Å²) in [4.78, 5) is 26.5. The van der Waals surface area contributed by atoms with Gasteiger partial charge in [0.25, 0.3) is 0 Å². The minimum absolute atomic E-state index is 0.0764. The van der Waals surface area contributed by atoms with E-state index in [1.165, 1.54) is 0 Å². The van der Waals surface area contributed by atoms with Gasteiger partial charge in [0, 0.05) is 34.4 Å². The lowest BCUT2D eigenvalue weighted by atomic mass is 10.1. The van der Waals surface area contributed by atoms with E-state index in [1.54, 1.807) is 29.2 Å². The summed E-state index contributed by atoms with van der Waals surface area (Å²) in [6.45, 7) is 4.10. The Morgan fingerprint density at radius 3 is 2.64 bits per heavy atom. The lowest BCUT2D eigenvalue weighted by molar-refractivity contribution is -0.122. The number of aryl methyl sites for hydroxylation is 1. The van der Waals surface area contributed by atoms with Crippen molar-refractivity contribution in [3.8, 4) is 0 Å². The SMILES string of the molecule is Cc1ccc(NC(=O)[C@H]2CC(=O)N(c3cccc(Cl)c3C)C2)cc1Cl. The maximum absolute atomic E-state index is 12.5. The van der Waals surface area contributed by atoms with E-state index in [0.717, 1.165) is 16.8 Å². The first-order valence-corrected chi connectivity index (χ1v) is 8.75. The van der Waals surface area contributed by atoms with Crippen LogP contribution in [0.3, 0.4) is 0 Å². The third-order valence-corrected chi connectivity index (χ3v) is 5.28. The molecule has 0 aromatic heterocycles. The van der Waals surface area contributed by atoms with Crippen molar-refractivity contribution in [2.24, 2.45) is 5.92 Å². The number of hydrogen-bond donors (Lipinski definition) is 1. The molecule has 1 atom stereocenters. The Kier molecular flexibility index (Phi) is 5.02. The minimum atomic E-state index is -0.411. The number of carbonyl (C=O) groups is 2. The summed E-state index contributed by atoms with van der Waals surface area (Å²) in [5.74, 6) is -0.672. The summed E-state index contributed by atoms with van der Waals surface area (Å²) >= 11 is 12.2. The van der Waals surface area contributed by atoms with Gasteiger partial charge < -0.3 is 10.2 Å². The molecule has 1 saturated heterocycles. The normalized spacial score (nSPS) is 17.0. The lowest BCUT2D eigenvalue weighted by Crippen LogP contribution is -2.28. The molecular formula is C19H18Cl2N2O2. The molecule has 0 unspecified atom stereocenters. The van der Waals surface area contributed by atoms with Crippen LogP contribution in [0.15, 0.2) is 36.4 Å². The van der Waals surface area contributed by atoms with Crippen molar-refractivity contribution in [2.45, 2.75) is 20.3 Å². The first-order valence-electron chi connectivity index (χ1n) is 7.99. The average Bonchev–Trinajstić information content (AvgIpc) is 2.95. The highest BCUT2D eigenvalue weighted by Crippen LogP contribution is 2.32. The van der Waals surface area contributed by atoms with Crippen LogP contribution < -0.4 is 10.2 Å². The molecule has 1 aliphatic heterocycles. The van der Waals surface area contributed by atoms with E-state index in [4.69, 9.17) is 23.2 Å². The Morgan fingerprint density at radius 1 is 1.16 bits per heavy atom. The van der Waals surface area contributed by atoms with E-state index in [2.05, 4.69) is 5.32 Å². The van der Waals surface area contributed by atoms with Crippen LogP contribution in [0, 0.1) is 19.8 Å². The Balaban J connectivity index is 1.74. The van der Waals surface area contributed by atoms with E-state index in [-0.39, 0.29) is 18.2 Å². The Hall–Kier alpha value is -2.04. The summed E-state index contributed by atoms with van der Waals surface area (Å²) in [6, 6.07) is 10.8. The second kappa shape index (κ2) is 7.06. The predicted molar refractivity (Wildman–Crippen MR) is 101 cm³/mol. The number of hydrogen-bond acceptors (Lipinski definition) is 2. The highest BCUT2D eigenvalue weighted by molar-refractivity contribution is 6.32. The van der Waals surface area contributed by atoms with Crippen molar-refractivity contribution in [1.82, 2.24) is 0 Å². The topological polar surface area (TPSA) is 49.4 Å². The predicted octanol–water partition coefficient (Wildman–Crippen LogP) is 4.60. The third-order valence-electron chi connectivity index (χ3n) is 4.47. The van der Waals surface area contributed by atoms with Gasteiger partial charge >= 0.3 is 0 Å². The van der Waals surface area contributed by atoms with E-state index in [0.29, 0.717) is 22.3 Å². The van der Waals surface area contributed by atoms with Crippen LogP contribution in [0.25, 0.3) is 0 Å². The van der Waals surface area contributed by atoms with Crippen molar-refractivity contribution in [3.05, 3.63) is 57.6 Å². The zero-order valence-electron chi connectivity index (χ0n) is 14.0. The molecule has 0 radical (unpaired) electrons. The second-order valence-electron chi connectivity index (χ2n) is 6.24. The van der Waals surface area contributed by atoms with Gasteiger partial charge in [-0.1, -0.05) is 35.3 Å². The number of rotatable bonds is 3. The van der Waals surface area contributed by atoms with E-state index in [9.17, 15) is 9.59 Å². The summed E-state index contributed by atoms with van der Waals surface area (Å²) in [5.41, 5.74) is 3.17. The molecule has 1 heterocycles. The van der Waals surface area contributed by atoms with Gasteiger partial charge in [0.1, 0.15) is 0 Å². The Bertz CT molecular complexity index is 851. The van der Waals surface area contributed by atoms with Gasteiger partial charge in [-0.2, -0.15) is 0 Å². The lowest BCUT2D eigenvalue weighted by Gasteiger charge is -2.19. The molecule has 2 aromatic carbocycles. The van der Waals surface area contributed by atoms with Crippen LogP contribution in [0.2, 0.25) is 10.0 Å². The number of amides is 2. The molecule has 2 amide bonds. The van der Waals surface area contributed by atoms with Crippen LogP contribution in [0.4, 0.5) is 11.4 Å². The van der Waals surface area contributed by atoms with Crippen LogP contribution in [0.1, 0.15) is 17.5 Å². The standard InChI is InChI=1S/C19H18Cl2N2O2/c1-11-6-7-14(9-16(11)21)22-19(25)13-8-18(24)23(10-13)17-5-3-4-15(20)12(17)2/h3-7,9,13H,8,10H2,1-2H3,(H,22,25)/t13-/m0/s1. The summed E-state index contributed by atoms with van der Waals surface area (Å²) in [5, 5.41) is 4.04. The van der Waals surface area contributed by atoms with E-state index >= 15 is 0 Å². The van der Waals surface area contributed by atoms with E-state index in [1.807, 2.05) is 26.0 Å². The van der Waals surface area contributed by atoms with Gasteiger partial charge in [-0.3, -0.25) is 9.59 Å². The molecule has 0 spiro atoms. The fourth-order valence-corrected chi connectivity index (χ4v) is 3.27. The van der Waals surface area contributed by atoms with E-state index < -0.39 is 5.92 Å². The fraction of sp³-hybridized carbons (Fsp3) is 0.263. The summed E-state index contributed by atoms with van der Waals surface area (Å²) < 4.78 is 0. The van der Waals surface area contributed by atoms with Crippen LogP contribution in [0.5, 0.6) is 0 Å². The Labute approximate surface area is 156 Å². The number of anilines is 2. The number of carbonyl (C=O) groups excluding carboxylic acids is 2. The largest absolute Gasteiger partial charge is 0.326 e. The van der Waals surface area contributed by atoms with Crippen LogP contribution in [-0.4, -0.2) is 18.4 Å². The van der Waals surface area contributed by atoms with Crippen LogP contribution >= 0.6 is 23.2 Å². The molecule has 0 bridgehead atoms. The first-order chi connectivity index (χ1) is 11.9. The highest BCUT2D eigenvalue weighted by Gasteiger charge is 2.35. The summed E-state index contributed by atoms with van der Waals surface area (Å²) in [7, 11) is 0. The molecular weight excluding hydrogens is 359 g/mol. The maximum atomic E-state index is 12.5. The molecule has 1 fully saturated rings. The molecule has 0 saturated carbocycles. The highest BCUT2D eigenvalue weighted by atomic mass is 35.5. The second-order valence-corrected chi connectivity index (χ2v) is 7.06. The molecule has 6 heteroatoms. The summed E-state index contributed by atoms with van der Waals surface area (Å²) in [6.07, 6.45) is 0.178. The third kappa shape index (κ3) is 3.65. The zero-order valence-corrected chi connectivity index (χ0v) is 15.5. The van der Waals surface area contributed by atoms with Crippen molar-refractivity contribution < 1.29 is 9.59 Å². The smallest absolute Gasteiger partial charge is 0.229 e. The minimum Gasteiger partial charge on any atom is -0.326 e. The molecule has 1 N–H and O–H groups in total. The van der Waals surface area contributed by atoms with Crippen LogP contribution in [-0.2, 0) is 9.59 Å². The monoisotopic (exact) mass is 376 g/mol. The molecule has 3 rings (SSSR count). The van der Waals surface area contributed by atoms with Gasteiger partial charge in [0.15, 0.2) is 0 Å². The van der Waals surface area contributed by atoms with Crippen molar-refractivity contribution >= 4 is 46.4 Å².